The van der Waals surface area contributed by atoms with Gasteiger partial charge in [0.2, 0.25) is 15.9 Å². The number of nitrogens with one attached hydrogen (secondary N) is 1. The third-order valence-electron chi connectivity index (χ3n) is 6.81. The van der Waals surface area contributed by atoms with Crippen molar-refractivity contribution < 1.29 is 23.1 Å². The van der Waals surface area contributed by atoms with Gasteiger partial charge >= 0.3 is 5.97 Å². The molecule has 1 saturated heterocycles. The molecule has 1 aliphatic heterocycles. The quantitative estimate of drug-likeness (QED) is 0.387. The van der Waals surface area contributed by atoms with Crippen molar-refractivity contribution in [2.75, 3.05) is 6.54 Å². The number of sulfonamides is 1. The molecule has 0 aromatic heterocycles. The van der Waals surface area contributed by atoms with Crippen LogP contribution in [-0.2, 0) is 26.0 Å². The molecule has 0 radical (unpaired) electrons. The number of rotatable bonds is 8. The van der Waals surface area contributed by atoms with E-state index in [0.717, 1.165) is 15.4 Å². The summed E-state index contributed by atoms with van der Waals surface area (Å²) in [5.74, 6) is -1.94. The molecular weight excluding hydrogens is 561 g/mol. The lowest BCUT2D eigenvalue weighted by Crippen LogP contribution is -2.58. The Labute approximate surface area is 236 Å². The van der Waals surface area contributed by atoms with E-state index in [9.17, 15) is 23.1 Å². The second kappa shape index (κ2) is 11.4. The molecule has 1 unspecified atom stereocenters. The average molecular weight is 586 g/mol. The number of hydrogen-bond acceptors (Lipinski definition) is 5. The number of hydrogen-bond donors (Lipinski definition) is 2. The third-order valence-corrected chi connectivity index (χ3v) is 9.24. The van der Waals surface area contributed by atoms with E-state index in [2.05, 4.69) is 11.4 Å². The van der Waals surface area contributed by atoms with Crippen LogP contribution in [0, 0.1) is 11.3 Å². The normalized spacial score (nSPS) is 18.3. The van der Waals surface area contributed by atoms with Crippen molar-refractivity contribution in [1.82, 2.24) is 9.62 Å². The van der Waals surface area contributed by atoms with Gasteiger partial charge in [0.25, 0.3) is 0 Å². The average Bonchev–Trinajstić information content (AvgIpc) is 3.31. The molecule has 11 heteroatoms. The zero-order valence-corrected chi connectivity index (χ0v) is 23.2. The fourth-order valence-corrected chi connectivity index (χ4v) is 7.24. The van der Waals surface area contributed by atoms with Gasteiger partial charge in [-0.05, 0) is 66.8 Å². The Morgan fingerprint density at radius 2 is 1.74 bits per heavy atom. The smallest absolute Gasteiger partial charge is 0.326 e. The molecule has 202 valence electrons. The van der Waals surface area contributed by atoms with E-state index in [-0.39, 0.29) is 34.3 Å². The Hall–Kier alpha value is -3.42. The summed E-state index contributed by atoms with van der Waals surface area (Å²) in [7, 11) is -4.15. The van der Waals surface area contributed by atoms with Crippen LogP contribution >= 0.6 is 23.2 Å². The molecule has 0 saturated carbocycles. The first-order valence-electron chi connectivity index (χ1n) is 12.1. The highest BCUT2D eigenvalue weighted by atomic mass is 35.5. The lowest BCUT2D eigenvalue weighted by atomic mass is 9.97. The number of nitrogens with zero attached hydrogens (tertiary/aromatic N) is 2. The van der Waals surface area contributed by atoms with Gasteiger partial charge in [-0.15, -0.1) is 0 Å². The molecule has 39 heavy (non-hydrogen) atoms. The molecule has 2 atom stereocenters. The molecule has 1 aliphatic rings. The fraction of sp³-hybridized carbons (Fsp3) is 0.250. The summed E-state index contributed by atoms with van der Waals surface area (Å²) in [4.78, 5) is 25.4. The van der Waals surface area contributed by atoms with Crippen LogP contribution in [0.3, 0.4) is 0 Å². The second-order valence-electron chi connectivity index (χ2n) is 9.52. The third kappa shape index (κ3) is 6.10. The summed E-state index contributed by atoms with van der Waals surface area (Å²) >= 11 is 12.0. The Bertz CT molecular complexity index is 1550. The van der Waals surface area contributed by atoms with Crippen molar-refractivity contribution >= 4 is 45.1 Å². The SMILES string of the molecule is C[C@@]1(C(=O)NC(Cc2ccc(-c3cccc(C#N)c3)cc2)C(=O)O)CCCN1S(=O)(=O)c1cc(Cl)cc(Cl)c1. The molecule has 8 nitrogen and oxygen atoms in total. The minimum atomic E-state index is -4.15. The lowest BCUT2D eigenvalue weighted by molar-refractivity contribution is -0.143. The van der Waals surface area contributed by atoms with E-state index in [1.54, 1.807) is 30.3 Å². The van der Waals surface area contributed by atoms with Crippen LogP contribution < -0.4 is 5.32 Å². The number of nitriles is 1. The Morgan fingerprint density at radius 3 is 2.36 bits per heavy atom. The highest BCUT2D eigenvalue weighted by molar-refractivity contribution is 7.89. The number of carbonyl (C=O) groups excluding carboxylic acids is 1. The number of amides is 1. The van der Waals surface area contributed by atoms with E-state index in [4.69, 9.17) is 28.5 Å². The fourth-order valence-electron chi connectivity index (χ4n) is 4.71. The van der Waals surface area contributed by atoms with Crippen molar-refractivity contribution in [3.63, 3.8) is 0 Å². The molecular formula is C28H25Cl2N3O5S. The summed E-state index contributed by atoms with van der Waals surface area (Å²) in [6.45, 7) is 1.57. The van der Waals surface area contributed by atoms with Gasteiger partial charge in [-0.25, -0.2) is 13.2 Å². The summed E-state index contributed by atoms with van der Waals surface area (Å²) in [6, 6.07) is 19.0. The van der Waals surface area contributed by atoms with E-state index in [1.807, 2.05) is 18.2 Å². The van der Waals surface area contributed by atoms with E-state index >= 15 is 0 Å². The number of halogens is 2. The summed E-state index contributed by atoms with van der Waals surface area (Å²) in [5, 5.41) is 21.8. The van der Waals surface area contributed by atoms with Gasteiger partial charge in [-0.3, -0.25) is 4.79 Å². The molecule has 2 N–H and O–H groups in total. The van der Waals surface area contributed by atoms with Crippen LogP contribution in [0.4, 0.5) is 0 Å². The van der Waals surface area contributed by atoms with Crippen LogP contribution in [0.2, 0.25) is 10.0 Å². The van der Waals surface area contributed by atoms with Crippen molar-refractivity contribution in [3.05, 3.63) is 87.9 Å². The van der Waals surface area contributed by atoms with E-state index in [1.165, 1.54) is 25.1 Å². The molecule has 3 aromatic rings. The number of aliphatic carboxylic acids is 1. The largest absolute Gasteiger partial charge is 0.480 e. The highest BCUT2D eigenvalue weighted by Gasteiger charge is 2.50. The predicted molar refractivity (Wildman–Crippen MR) is 148 cm³/mol. The Morgan fingerprint density at radius 1 is 1.08 bits per heavy atom. The first-order chi connectivity index (χ1) is 18.4. The first kappa shape index (κ1) is 28.6. The van der Waals surface area contributed by atoms with Crippen molar-refractivity contribution in [1.29, 1.82) is 5.26 Å². The summed E-state index contributed by atoms with van der Waals surface area (Å²) in [5.41, 5.74) is 1.39. The first-order valence-corrected chi connectivity index (χ1v) is 14.3. The van der Waals surface area contributed by atoms with E-state index < -0.39 is 33.5 Å². The van der Waals surface area contributed by atoms with Gasteiger partial charge < -0.3 is 10.4 Å². The van der Waals surface area contributed by atoms with Crippen LogP contribution in [0.1, 0.15) is 30.9 Å². The molecule has 3 aromatic carbocycles. The van der Waals surface area contributed by atoms with Gasteiger partial charge in [0.15, 0.2) is 0 Å². The van der Waals surface area contributed by atoms with Gasteiger partial charge in [0, 0.05) is 23.0 Å². The van der Waals surface area contributed by atoms with Gasteiger partial charge in [-0.1, -0.05) is 59.6 Å². The van der Waals surface area contributed by atoms with Crippen molar-refractivity contribution in [2.24, 2.45) is 0 Å². The summed E-state index contributed by atoms with van der Waals surface area (Å²) < 4.78 is 28.0. The topological polar surface area (TPSA) is 128 Å². The monoisotopic (exact) mass is 585 g/mol. The van der Waals surface area contributed by atoms with Gasteiger partial charge in [-0.2, -0.15) is 9.57 Å². The van der Waals surface area contributed by atoms with E-state index in [0.29, 0.717) is 17.5 Å². The Balaban J connectivity index is 1.53. The number of carboxylic acid groups (broad SMARTS) is 1. The standard InChI is InChI=1S/C28H25Cl2N3O5S/c1-28(10-3-11-33(28)39(37,38)24-15-22(29)14-23(30)16-24)27(36)32-25(26(34)35)13-18-6-8-20(9-7-18)21-5-2-4-19(12-21)17-31/h2,4-9,12,14-16,25H,3,10-11,13H2,1H3,(H,32,36)(H,34,35)/t25?,28-/m0/s1. The van der Waals surface area contributed by atoms with Crippen LogP contribution in [-0.4, -0.2) is 47.8 Å². The zero-order valence-electron chi connectivity index (χ0n) is 20.9. The minimum absolute atomic E-state index is 0.00762. The molecule has 1 heterocycles. The van der Waals surface area contributed by atoms with Gasteiger partial charge in [0.1, 0.15) is 11.6 Å². The maximum absolute atomic E-state index is 13.5. The van der Waals surface area contributed by atoms with Crippen LogP contribution in [0.5, 0.6) is 0 Å². The molecule has 0 spiro atoms. The predicted octanol–water partition coefficient (Wildman–Crippen LogP) is 4.89. The molecule has 1 amide bonds. The number of carboxylic acids is 1. The Kier molecular flexibility index (Phi) is 8.33. The minimum Gasteiger partial charge on any atom is -0.480 e. The maximum atomic E-state index is 13.5. The lowest BCUT2D eigenvalue weighted by Gasteiger charge is -2.34. The van der Waals surface area contributed by atoms with Crippen LogP contribution in [0.15, 0.2) is 71.6 Å². The number of carbonyl (C=O) groups is 2. The molecule has 0 aliphatic carbocycles. The molecule has 1 fully saturated rings. The van der Waals surface area contributed by atoms with Gasteiger partial charge in [0.05, 0.1) is 16.5 Å². The second-order valence-corrected chi connectivity index (χ2v) is 12.3. The van der Waals surface area contributed by atoms with Crippen molar-refractivity contribution in [2.45, 2.75) is 42.7 Å². The molecule has 4 rings (SSSR count). The zero-order chi connectivity index (χ0) is 28.4. The van der Waals surface area contributed by atoms with Crippen molar-refractivity contribution in [3.8, 4) is 17.2 Å². The number of benzene rings is 3. The van der Waals surface area contributed by atoms with Crippen LogP contribution in [0.25, 0.3) is 11.1 Å². The highest BCUT2D eigenvalue weighted by Crippen LogP contribution is 2.36. The maximum Gasteiger partial charge on any atom is 0.326 e. The summed E-state index contributed by atoms with van der Waals surface area (Å²) in [6.07, 6.45) is 0.630. The molecule has 0 bridgehead atoms.